The minimum Gasteiger partial charge on any atom is -0.461 e. The van der Waals surface area contributed by atoms with Gasteiger partial charge in [0.15, 0.2) is 11.1 Å². The first-order valence-electron chi connectivity index (χ1n) is 6.55. The predicted octanol–water partition coefficient (Wildman–Crippen LogP) is 1.81. The first-order valence-corrected chi connectivity index (χ1v) is 6.55. The first kappa shape index (κ1) is 16.7. The van der Waals surface area contributed by atoms with Crippen LogP contribution in [0.25, 0.3) is 0 Å². The van der Waals surface area contributed by atoms with E-state index in [2.05, 4.69) is 5.43 Å². The molecule has 1 N–H and O–H groups in total. The second kappa shape index (κ2) is 6.43. The van der Waals surface area contributed by atoms with Gasteiger partial charge in [-0.15, -0.1) is 0 Å². The number of nitrogens with one attached hydrogen (secondary N) is 1. The third-order valence-electron chi connectivity index (χ3n) is 2.42. The van der Waals surface area contributed by atoms with Gasteiger partial charge in [0.25, 0.3) is 0 Å². The Balaban J connectivity index is 3.13. The largest absolute Gasteiger partial charge is 0.461 e. The Hall–Kier alpha value is -2.31. The highest BCUT2D eigenvalue weighted by molar-refractivity contribution is 5.90. The molecule has 0 aliphatic heterocycles. The van der Waals surface area contributed by atoms with Crippen molar-refractivity contribution < 1.29 is 19.1 Å². The average Bonchev–Trinajstić information content (AvgIpc) is 2.32. The highest BCUT2D eigenvalue weighted by Crippen LogP contribution is 2.09. The Bertz CT molecular complexity index is 598. The van der Waals surface area contributed by atoms with E-state index in [4.69, 9.17) is 9.47 Å². The van der Waals surface area contributed by atoms with Crippen molar-refractivity contribution in [2.24, 2.45) is 0 Å². The molecule has 0 aliphatic carbocycles. The van der Waals surface area contributed by atoms with E-state index < -0.39 is 17.7 Å². The molecule has 0 bridgehead atoms. The molecule has 7 heteroatoms. The highest BCUT2D eigenvalue weighted by atomic mass is 16.6. The number of carbonyl (C=O) groups excluding carboxylic acids is 2. The molecule has 1 aromatic heterocycles. The summed E-state index contributed by atoms with van der Waals surface area (Å²) >= 11 is 0. The van der Waals surface area contributed by atoms with E-state index in [1.807, 2.05) is 0 Å². The molecule has 7 nitrogen and oxygen atoms in total. The zero-order chi connectivity index (χ0) is 16.2. The topological polar surface area (TPSA) is 86.6 Å². The third-order valence-corrected chi connectivity index (χ3v) is 2.42. The van der Waals surface area contributed by atoms with Crippen LogP contribution in [0.4, 0.5) is 4.79 Å². The van der Waals surface area contributed by atoms with Crippen molar-refractivity contribution in [3.05, 3.63) is 33.7 Å². The van der Waals surface area contributed by atoms with Crippen LogP contribution in [0.3, 0.4) is 0 Å². The maximum Gasteiger partial charge on any atom is 0.426 e. The molecule has 0 unspecified atom stereocenters. The Morgan fingerprint density at radius 3 is 2.48 bits per heavy atom. The first-order chi connectivity index (χ1) is 9.65. The van der Waals surface area contributed by atoms with Crippen LogP contribution in [-0.2, 0) is 9.47 Å². The molecule has 116 valence electrons. The van der Waals surface area contributed by atoms with Crippen LogP contribution in [0.2, 0.25) is 0 Å². The van der Waals surface area contributed by atoms with E-state index in [0.717, 1.165) is 4.68 Å². The normalized spacial score (nSPS) is 10.9. The minimum atomic E-state index is -0.740. The van der Waals surface area contributed by atoms with Gasteiger partial charge >= 0.3 is 12.1 Å². The van der Waals surface area contributed by atoms with Crippen LogP contribution in [0.1, 0.15) is 43.7 Å². The second-order valence-electron chi connectivity index (χ2n) is 5.36. The van der Waals surface area contributed by atoms with E-state index in [-0.39, 0.29) is 23.3 Å². The lowest BCUT2D eigenvalue weighted by molar-refractivity contribution is 0.0510. The minimum absolute atomic E-state index is 0.0322. The molecule has 0 radical (unpaired) electrons. The second-order valence-corrected chi connectivity index (χ2v) is 5.36. The fourth-order valence-corrected chi connectivity index (χ4v) is 1.58. The van der Waals surface area contributed by atoms with Crippen LogP contribution >= 0.6 is 0 Å². The number of aromatic nitrogens is 1. The van der Waals surface area contributed by atoms with Gasteiger partial charge in [0.05, 0.1) is 6.61 Å². The summed E-state index contributed by atoms with van der Waals surface area (Å²) < 4.78 is 11.1. The molecule has 1 amide bonds. The lowest BCUT2D eigenvalue weighted by Gasteiger charge is -2.21. The molecule has 21 heavy (non-hydrogen) atoms. The van der Waals surface area contributed by atoms with E-state index in [1.165, 1.54) is 19.2 Å². The number of amides is 1. The van der Waals surface area contributed by atoms with Crippen molar-refractivity contribution in [2.75, 3.05) is 12.0 Å². The molecular weight excluding hydrogens is 276 g/mol. The quantitative estimate of drug-likeness (QED) is 0.860. The van der Waals surface area contributed by atoms with Crippen molar-refractivity contribution >= 4 is 12.1 Å². The van der Waals surface area contributed by atoms with Gasteiger partial charge in [0, 0.05) is 17.8 Å². The summed E-state index contributed by atoms with van der Waals surface area (Å²) in [6, 6.07) is 1.25. The molecule has 0 spiro atoms. The van der Waals surface area contributed by atoms with E-state index in [9.17, 15) is 14.4 Å². The van der Waals surface area contributed by atoms with Crippen molar-refractivity contribution in [3.63, 3.8) is 0 Å². The summed E-state index contributed by atoms with van der Waals surface area (Å²) in [6.07, 6.45) is 0.544. The molecule has 1 aromatic rings. The number of hydrogen-bond donors (Lipinski definition) is 1. The number of nitrogens with zero attached hydrogens (tertiary/aromatic N) is 1. The summed E-state index contributed by atoms with van der Waals surface area (Å²) in [4.78, 5) is 35.4. The highest BCUT2D eigenvalue weighted by Gasteiger charge is 2.21. The van der Waals surface area contributed by atoms with Gasteiger partial charge in [-0.2, -0.15) is 0 Å². The summed E-state index contributed by atoms with van der Waals surface area (Å²) in [7, 11) is 0. The van der Waals surface area contributed by atoms with Gasteiger partial charge in [-0.25, -0.2) is 15.0 Å². The zero-order valence-corrected chi connectivity index (χ0v) is 12.9. The van der Waals surface area contributed by atoms with Crippen LogP contribution < -0.4 is 10.9 Å². The van der Waals surface area contributed by atoms with Gasteiger partial charge < -0.3 is 9.47 Å². The molecule has 1 rings (SSSR count). The standard InChI is InChI=1S/C14H20N2O5/c1-6-20-12(18)11-9(2)10(17)7-8-16(11)15-13(19)21-14(3,4)5/h7-8H,6H2,1-5H3,(H,15,19). The molecular formula is C14H20N2O5. The number of rotatable bonds is 3. The zero-order valence-electron chi connectivity index (χ0n) is 12.9. The summed E-state index contributed by atoms with van der Waals surface area (Å²) in [5.74, 6) is -0.691. The fraction of sp³-hybridized carbons (Fsp3) is 0.500. The van der Waals surface area contributed by atoms with Gasteiger partial charge in [-0.05, 0) is 34.6 Å². The van der Waals surface area contributed by atoms with Crippen molar-refractivity contribution in [1.29, 1.82) is 0 Å². The van der Waals surface area contributed by atoms with E-state index >= 15 is 0 Å². The van der Waals surface area contributed by atoms with E-state index in [0.29, 0.717) is 0 Å². The molecule has 0 saturated carbocycles. The lowest BCUT2D eigenvalue weighted by atomic mass is 10.2. The summed E-state index contributed by atoms with van der Waals surface area (Å²) in [5.41, 5.74) is 1.55. The number of pyridine rings is 1. The molecule has 0 saturated heterocycles. The number of hydrogen-bond acceptors (Lipinski definition) is 5. The van der Waals surface area contributed by atoms with Gasteiger partial charge in [0.2, 0.25) is 0 Å². The van der Waals surface area contributed by atoms with Crippen molar-refractivity contribution in [1.82, 2.24) is 4.68 Å². The van der Waals surface area contributed by atoms with Gasteiger partial charge in [-0.1, -0.05) is 0 Å². The predicted molar refractivity (Wildman–Crippen MR) is 77.0 cm³/mol. The maximum absolute atomic E-state index is 11.9. The molecule has 0 aromatic carbocycles. The molecule has 1 heterocycles. The molecule has 0 fully saturated rings. The Labute approximate surface area is 122 Å². The van der Waals surface area contributed by atoms with Gasteiger partial charge in [0.1, 0.15) is 5.60 Å². The third kappa shape index (κ3) is 4.62. The molecule has 0 atom stereocenters. The Kier molecular flexibility index (Phi) is 5.12. The SMILES string of the molecule is CCOC(=O)c1c(C)c(=O)ccn1NC(=O)OC(C)(C)C. The lowest BCUT2D eigenvalue weighted by Crippen LogP contribution is -2.35. The Morgan fingerprint density at radius 2 is 1.95 bits per heavy atom. The van der Waals surface area contributed by atoms with Crippen molar-refractivity contribution in [3.8, 4) is 0 Å². The monoisotopic (exact) mass is 296 g/mol. The maximum atomic E-state index is 11.9. The fourth-order valence-electron chi connectivity index (χ4n) is 1.58. The van der Waals surface area contributed by atoms with Crippen LogP contribution in [0, 0.1) is 6.92 Å². The van der Waals surface area contributed by atoms with Crippen LogP contribution in [0.5, 0.6) is 0 Å². The van der Waals surface area contributed by atoms with Crippen LogP contribution in [0.15, 0.2) is 17.1 Å². The van der Waals surface area contributed by atoms with Gasteiger partial charge in [-0.3, -0.25) is 9.47 Å². The number of ether oxygens (including phenoxy) is 2. The van der Waals surface area contributed by atoms with E-state index in [1.54, 1.807) is 27.7 Å². The Morgan fingerprint density at radius 1 is 1.33 bits per heavy atom. The number of carbonyl (C=O) groups is 2. The smallest absolute Gasteiger partial charge is 0.426 e. The van der Waals surface area contributed by atoms with Crippen molar-refractivity contribution in [2.45, 2.75) is 40.2 Å². The molecule has 0 aliphatic rings. The summed E-state index contributed by atoms with van der Waals surface area (Å²) in [5, 5.41) is 0. The average molecular weight is 296 g/mol. The summed E-state index contributed by atoms with van der Waals surface area (Å²) in [6.45, 7) is 8.45. The number of esters is 1. The van der Waals surface area contributed by atoms with Crippen LogP contribution in [-0.4, -0.2) is 28.9 Å².